The fourth-order valence-electron chi connectivity index (χ4n) is 3.30. The molecule has 0 aliphatic heterocycles. The van der Waals surface area contributed by atoms with E-state index in [1.807, 2.05) is 74.8 Å². The molecule has 0 N–H and O–H groups in total. The van der Waals surface area contributed by atoms with Crippen LogP contribution in [0.25, 0.3) is 6.08 Å². The van der Waals surface area contributed by atoms with Crippen molar-refractivity contribution in [1.29, 1.82) is 0 Å². The highest BCUT2D eigenvalue weighted by Gasteiger charge is 2.11. The molecule has 168 valence electrons. The van der Waals surface area contributed by atoms with Gasteiger partial charge in [0.1, 0.15) is 12.4 Å². The molecule has 0 aliphatic rings. The van der Waals surface area contributed by atoms with Crippen LogP contribution in [0.5, 0.6) is 17.2 Å². The average Bonchev–Trinajstić information content (AvgIpc) is 3.19. The second-order valence-corrected chi connectivity index (χ2v) is 7.16. The van der Waals surface area contributed by atoms with Gasteiger partial charge in [-0.15, -0.1) is 0 Å². The molecule has 0 atom stereocenters. The van der Waals surface area contributed by atoms with Crippen LogP contribution >= 0.6 is 0 Å². The van der Waals surface area contributed by atoms with E-state index >= 15 is 0 Å². The zero-order valence-corrected chi connectivity index (χ0v) is 19.1. The molecule has 0 unspecified atom stereocenters. The van der Waals surface area contributed by atoms with Crippen molar-refractivity contribution in [3.8, 4) is 17.2 Å². The summed E-state index contributed by atoms with van der Waals surface area (Å²) < 4.78 is 19.0. The molecule has 6 heteroatoms. The Balaban J connectivity index is 1.60. The molecule has 0 radical (unpaired) electrons. The Morgan fingerprint density at radius 2 is 1.69 bits per heavy atom. The zero-order valence-electron chi connectivity index (χ0n) is 19.1. The zero-order chi connectivity index (χ0) is 22.9. The second kappa shape index (κ2) is 11.2. The van der Waals surface area contributed by atoms with Crippen LogP contribution in [0.4, 0.5) is 0 Å². The van der Waals surface area contributed by atoms with E-state index in [0.717, 1.165) is 40.6 Å². The van der Waals surface area contributed by atoms with E-state index in [9.17, 15) is 4.79 Å². The lowest BCUT2D eigenvalue weighted by Gasteiger charge is -2.13. The van der Waals surface area contributed by atoms with Gasteiger partial charge < -0.3 is 14.2 Å². The monoisotopic (exact) mass is 434 g/mol. The van der Waals surface area contributed by atoms with Gasteiger partial charge in [0.25, 0.3) is 0 Å². The Kier molecular flexibility index (Phi) is 8.08. The lowest BCUT2D eigenvalue weighted by atomic mass is 10.1. The van der Waals surface area contributed by atoms with Crippen molar-refractivity contribution in [3.63, 3.8) is 0 Å². The molecule has 3 aromatic rings. The van der Waals surface area contributed by atoms with Gasteiger partial charge in [-0.05, 0) is 69.2 Å². The third-order valence-corrected chi connectivity index (χ3v) is 4.99. The number of benzene rings is 2. The maximum absolute atomic E-state index is 12.4. The molecule has 2 aromatic carbocycles. The van der Waals surface area contributed by atoms with Gasteiger partial charge in [-0.1, -0.05) is 24.3 Å². The summed E-state index contributed by atoms with van der Waals surface area (Å²) in [5, 5.41) is 4.23. The minimum absolute atomic E-state index is 0.0527. The predicted octanol–water partition coefficient (Wildman–Crippen LogP) is 5.48. The molecular formula is C26H30N2O4. The number of nitrogens with zero attached hydrogens (tertiary/aromatic N) is 2. The highest BCUT2D eigenvalue weighted by molar-refractivity contribution is 6.07. The first-order valence-corrected chi connectivity index (χ1v) is 10.9. The number of hydrogen-bond donors (Lipinski definition) is 0. The van der Waals surface area contributed by atoms with Crippen molar-refractivity contribution in [2.24, 2.45) is 0 Å². The van der Waals surface area contributed by atoms with Crippen LogP contribution in [0.15, 0.2) is 54.7 Å². The molecule has 32 heavy (non-hydrogen) atoms. The number of ether oxygens (including phenoxy) is 3. The molecule has 0 aliphatic carbocycles. The lowest BCUT2D eigenvalue weighted by molar-refractivity contribution is 0.104. The van der Waals surface area contributed by atoms with E-state index in [0.29, 0.717) is 25.4 Å². The van der Waals surface area contributed by atoms with Crippen molar-refractivity contribution in [2.45, 2.75) is 40.8 Å². The fraction of sp³-hybridized carbons (Fsp3) is 0.308. The van der Waals surface area contributed by atoms with Crippen LogP contribution in [0, 0.1) is 6.92 Å². The van der Waals surface area contributed by atoms with Crippen LogP contribution < -0.4 is 14.2 Å². The van der Waals surface area contributed by atoms with Crippen molar-refractivity contribution in [3.05, 3.63) is 77.1 Å². The summed E-state index contributed by atoms with van der Waals surface area (Å²) in [6.07, 6.45) is 5.01. The van der Waals surface area contributed by atoms with Gasteiger partial charge in [0.05, 0.1) is 25.0 Å². The van der Waals surface area contributed by atoms with Gasteiger partial charge in [-0.3, -0.25) is 9.48 Å². The SMILES string of the molecule is CCOc1ccc(COc2ccc(/C=C/C(=O)c3cnn(CC)c3C)cc2)cc1OCC. The highest BCUT2D eigenvalue weighted by atomic mass is 16.5. The van der Waals surface area contributed by atoms with Crippen LogP contribution in [-0.2, 0) is 13.2 Å². The second-order valence-electron chi connectivity index (χ2n) is 7.16. The Hall–Kier alpha value is -3.54. The number of aryl methyl sites for hydroxylation is 1. The molecule has 0 fully saturated rings. The predicted molar refractivity (Wildman–Crippen MR) is 126 cm³/mol. The number of aromatic nitrogens is 2. The minimum atomic E-state index is -0.0527. The first-order valence-electron chi connectivity index (χ1n) is 10.9. The maximum atomic E-state index is 12.4. The first-order chi connectivity index (χ1) is 15.5. The molecule has 0 saturated carbocycles. The lowest BCUT2D eigenvalue weighted by Crippen LogP contribution is -2.01. The normalized spacial score (nSPS) is 11.0. The van der Waals surface area contributed by atoms with Gasteiger partial charge in [-0.2, -0.15) is 5.10 Å². The summed E-state index contributed by atoms with van der Waals surface area (Å²) in [7, 11) is 0. The van der Waals surface area contributed by atoms with Crippen LogP contribution in [-0.4, -0.2) is 28.8 Å². The largest absolute Gasteiger partial charge is 0.490 e. The highest BCUT2D eigenvalue weighted by Crippen LogP contribution is 2.29. The molecule has 1 heterocycles. The van der Waals surface area contributed by atoms with E-state index < -0.39 is 0 Å². The van der Waals surface area contributed by atoms with Gasteiger partial charge in [0, 0.05) is 12.2 Å². The molecule has 6 nitrogen and oxygen atoms in total. The number of carbonyl (C=O) groups excluding carboxylic acids is 1. The van der Waals surface area contributed by atoms with Crippen LogP contribution in [0.2, 0.25) is 0 Å². The van der Waals surface area contributed by atoms with E-state index in [1.165, 1.54) is 0 Å². The summed E-state index contributed by atoms with van der Waals surface area (Å²) in [5.41, 5.74) is 3.43. The Morgan fingerprint density at radius 1 is 0.969 bits per heavy atom. The number of carbonyl (C=O) groups is 1. The van der Waals surface area contributed by atoms with E-state index in [4.69, 9.17) is 14.2 Å². The summed E-state index contributed by atoms with van der Waals surface area (Å²) in [6, 6.07) is 13.4. The maximum Gasteiger partial charge on any atom is 0.189 e. The van der Waals surface area contributed by atoms with Gasteiger partial charge in [0.15, 0.2) is 17.3 Å². The summed E-state index contributed by atoms with van der Waals surface area (Å²) in [5.74, 6) is 2.16. The van der Waals surface area contributed by atoms with E-state index in [1.54, 1.807) is 18.3 Å². The van der Waals surface area contributed by atoms with E-state index in [2.05, 4.69) is 5.10 Å². The fourth-order valence-corrected chi connectivity index (χ4v) is 3.30. The van der Waals surface area contributed by atoms with E-state index in [-0.39, 0.29) is 5.78 Å². The molecule has 0 bridgehead atoms. The number of rotatable bonds is 11. The summed E-state index contributed by atoms with van der Waals surface area (Å²) in [4.78, 5) is 12.4. The van der Waals surface area contributed by atoms with Crippen molar-refractivity contribution in [1.82, 2.24) is 9.78 Å². The molecule has 1 aromatic heterocycles. The quantitative estimate of drug-likeness (QED) is 0.295. The molecule has 0 spiro atoms. The smallest absolute Gasteiger partial charge is 0.189 e. The number of ketones is 1. The standard InChI is InChI=1S/C26H30N2O4/c1-5-28-19(4)23(17-27-28)24(29)14-10-20-8-12-22(13-9-20)32-18-21-11-15-25(30-6-2)26(16-21)31-7-3/h8-17H,5-7,18H2,1-4H3/b14-10+. The molecular weight excluding hydrogens is 404 g/mol. The molecule has 0 amide bonds. The Bertz CT molecular complexity index is 1070. The third-order valence-electron chi connectivity index (χ3n) is 4.99. The van der Waals surface area contributed by atoms with Crippen molar-refractivity contribution < 1.29 is 19.0 Å². The van der Waals surface area contributed by atoms with Gasteiger partial charge in [0.2, 0.25) is 0 Å². The number of hydrogen-bond acceptors (Lipinski definition) is 5. The van der Waals surface area contributed by atoms with Crippen LogP contribution in [0.1, 0.15) is 48.0 Å². The topological polar surface area (TPSA) is 62.6 Å². The molecule has 3 rings (SSSR count). The molecule has 0 saturated heterocycles. The number of allylic oxidation sites excluding steroid dienone is 1. The summed E-state index contributed by atoms with van der Waals surface area (Å²) in [6.45, 7) is 10.1. The van der Waals surface area contributed by atoms with Crippen LogP contribution in [0.3, 0.4) is 0 Å². The van der Waals surface area contributed by atoms with Crippen molar-refractivity contribution in [2.75, 3.05) is 13.2 Å². The van der Waals surface area contributed by atoms with Crippen molar-refractivity contribution >= 4 is 11.9 Å². The average molecular weight is 435 g/mol. The van der Waals surface area contributed by atoms with Gasteiger partial charge in [-0.25, -0.2) is 0 Å². The Labute approximate surface area is 189 Å². The first kappa shape index (κ1) is 23.1. The van der Waals surface area contributed by atoms with Gasteiger partial charge >= 0.3 is 0 Å². The minimum Gasteiger partial charge on any atom is -0.490 e. The third kappa shape index (κ3) is 5.78. The Morgan fingerprint density at radius 3 is 2.34 bits per heavy atom. The summed E-state index contributed by atoms with van der Waals surface area (Å²) >= 11 is 0.